The number of nitrogens with one attached hydrogen (secondary N) is 2. The van der Waals surface area contributed by atoms with E-state index in [-0.39, 0.29) is 37.5 Å². The Balaban J connectivity index is 2.06. The molecule has 1 aromatic carbocycles. The molecule has 2 atom stereocenters. The van der Waals surface area contributed by atoms with Crippen molar-refractivity contribution in [3.63, 3.8) is 0 Å². The number of aliphatic carboxylic acids is 3. The minimum absolute atomic E-state index is 0.0103. The zero-order valence-corrected chi connectivity index (χ0v) is 25.1. The molecule has 0 aliphatic rings. The summed E-state index contributed by atoms with van der Waals surface area (Å²) in [6.07, 6.45) is 12.2. The number of hydrogen-bond donors (Lipinski definition) is 5. The molecule has 1 aromatic rings. The summed E-state index contributed by atoms with van der Waals surface area (Å²) < 4.78 is 0. The van der Waals surface area contributed by atoms with Gasteiger partial charge >= 0.3 is 17.9 Å². The van der Waals surface area contributed by atoms with Crippen LogP contribution in [0.25, 0.3) is 0 Å². The van der Waals surface area contributed by atoms with Crippen molar-refractivity contribution < 1.29 is 39.3 Å². The van der Waals surface area contributed by atoms with Crippen molar-refractivity contribution in [2.24, 2.45) is 5.92 Å². The lowest BCUT2D eigenvalue weighted by molar-refractivity contribution is -0.142. The molecule has 0 saturated heterocycles. The molecule has 0 bridgehead atoms. The lowest BCUT2D eigenvalue weighted by atomic mass is 10.0. The van der Waals surface area contributed by atoms with Gasteiger partial charge in [-0.3, -0.25) is 19.2 Å². The molecular formula is C32H50N2O8. The van der Waals surface area contributed by atoms with Crippen molar-refractivity contribution >= 4 is 29.7 Å². The first-order chi connectivity index (χ1) is 20.1. The number of unbranched alkanes of at least 4 members (excludes halogenated alkanes) is 8. The predicted octanol–water partition coefficient (Wildman–Crippen LogP) is 5.11. The van der Waals surface area contributed by atoms with Crippen LogP contribution in [-0.4, -0.2) is 57.6 Å². The number of carboxylic acid groups (broad SMARTS) is 3. The van der Waals surface area contributed by atoms with Crippen LogP contribution >= 0.6 is 0 Å². The molecule has 0 aliphatic heterocycles. The van der Waals surface area contributed by atoms with E-state index in [1.807, 2.05) is 12.1 Å². The van der Waals surface area contributed by atoms with Crippen molar-refractivity contribution in [2.75, 3.05) is 6.54 Å². The van der Waals surface area contributed by atoms with Crippen LogP contribution in [0, 0.1) is 5.92 Å². The second-order valence-electron chi connectivity index (χ2n) is 11.1. The Morgan fingerprint density at radius 1 is 0.619 bits per heavy atom. The summed E-state index contributed by atoms with van der Waals surface area (Å²) >= 11 is 0. The molecule has 0 unspecified atom stereocenters. The van der Waals surface area contributed by atoms with Gasteiger partial charge in [0.15, 0.2) is 0 Å². The molecule has 42 heavy (non-hydrogen) atoms. The third kappa shape index (κ3) is 18.8. The first kappa shape index (κ1) is 36.6. The van der Waals surface area contributed by atoms with E-state index in [2.05, 4.69) is 22.8 Å². The van der Waals surface area contributed by atoms with Crippen molar-refractivity contribution in [3.05, 3.63) is 35.4 Å². The SMILES string of the molecule is C[C@@H](CCCCNC(=O)CC[C@H](NC(=O)CCCCCCCCCCc1ccc(CCC(=O)O)cc1)C(=O)O)C(=O)O. The van der Waals surface area contributed by atoms with E-state index in [0.29, 0.717) is 38.6 Å². The fourth-order valence-electron chi connectivity index (χ4n) is 4.61. The third-order valence-electron chi connectivity index (χ3n) is 7.37. The zero-order chi connectivity index (χ0) is 31.2. The number of carboxylic acids is 3. The number of carbonyl (C=O) groups is 5. The summed E-state index contributed by atoms with van der Waals surface area (Å²) in [5.74, 6) is -3.79. The molecule has 0 radical (unpaired) electrons. The van der Waals surface area contributed by atoms with E-state index in [1.54, 1.807) is 6.92 Å². The van der Waals surface area contributed by atoms with Crippen LogP contribution in [-0.2, 0) is 36.8 Å². The zero-order valence-electron chi connectivity index (χ0n) is 25.1. The molecule has 10 nitrogen and oxygen atoms in total. The highest BCUT2D eigenvalue weighted by atomic mass is 16.4. The quantitative estimate of drug-likeness (QED) is 0.0978. The van der Waals surface area contributed by atoms with Crippen LogP contribution < -0.4 is 10.6 Å². The van der Waals surface area contributed by atoms with Gasteiger partial charge < -0.3 is 26.0 Å². The summed E-state index contributed by atoms with van der Waals surface area (Å²) in [7, 11) is 0. The van der Waals surface area contributed by atoms with Gasteiger partial charge in [-0.1, -0.05) is 76.1 Å². The molecule has 0 heterocycles. The molecule has 0 saturated carbocycles. The molecule has 0 aromatic heterocycles. The number of hydrogen-bond acceptors (Lipinski definition) is 5. The van der Waals surface area contributed by atoms with Gasteiger partial charge in [0.05, 0.1) is 5.92 Å². The Kier molecular flexibility index (Phi) is 19.3. The van der Waals surface area contributed by atoms with Crippen LogP contribution in [0.3, 0.4) is 0 Å². The molecular weight excluding hydrogens is 540 g/mol. The fourth-order valence-corrected chi connectivity index (χ4v) is 4.61. The standard InChI is InChI=1S/C32H50N2O8/c1-24(31(39)40)12-10-11-23-33-28(35)21-20-27(32(41)42)34-29(36)14-9-7-5-3-2-4-6-8-13-25-15-17-26(18-16-25)19-22-30(37)38/h15-18,24,27H,2-14,19-23H2,1H3,(H,33,35)(H,34,36)(H,37,38)(H,39,40)(H,41,42)/t24-,27-/m0/s1. The molecule has 0 aliphatic carbocycles. The van der Waals surface area contributed by atoms with E-state index in [0.717, 1.165) is 56.9 Å². The van der Waals surface area contributed by atoms with E-state index in [4.69, 9.17) is 10.2 Å². The smallest absolute Gasteiger partial charge is 0.326 e. The fraction of sp³-hybridized carbons (Fsp3) is 0.656. The summed E-state index contributed by atoms with van der Waals surface area (Å²) in [4.78, 5) is 57.2. The maximum atomic E-state index is 12.2. The van der Waals surface area contributed by atoms with Gasteiger partial charge in [-0.2, -0.15) is 0 Å². The number of carbonyl (C=O) groups excluding carboxylic acids is 2. The lowest BCUT2D eigenvalue weighted by Gasteiger charge is -2.14. The normalized spacial score (nSPS) is 12.3. The van der Waals surface area contributed by atoms with Crippen LogP contribution in [0.5, 0.6) is 0 Å². The highest BCUT2D eigenvalue weighted by molar-refractivity contribution is 5.84. The molecule has 2 amide bonds. The van der Waals surface area contributed by atoms with Gasteiger partial charge in [0, 0.05) is 25.8 Å². The monoisotopic (exact) mass is 590 g/mol. The average Bonchev–Trinajstić information content (AvgIpc) is 2.95. The van der Waals surface area contributed by atoms with Crippen molar-refractivity contribution in [1.29, 1.82) is 0 Å². The van der Waals surface area contributed by atoms with E-state index in [9.17, 15) is 29.1 Å². The summed E-state index contributed by atoms with van der Waals surface area (Å²) in [6, 6.07) is 7.09. The average molecular weight is 591 g/mol. The van der Waals surface area contributed by atoms with Gasteiger partial charge in [-0.05, 0) is 56.1 Å². The second-order valence-corrected chi connectivity index (χ2v) is 11.1. The van der Waals surface area contributed by atoms with Crippen molar-refractivity contribution in [2.45, 2.75) is 122 Å². The number of benzene rings is 1. The van der Waals surface area contributed by atoms with Gasteiger partial charge in [-0.15, -0.1) is 0 Å². The molecule has 1 rings (SSSR count). The Bertz CT molecular complexity index is 964. The van der Waals surface area contributed by atoms with E-state index >= 15 is 0 Å². The van der Waals surface area contributed by atoms with E-state index in [1.165, 1.54) is 5.56 Å². The van der Waals surface area contributed by atoms with Gasteiger partial charge in [-0.25, -0.2) is 4.79 Å². The Morgan fingerprint density at radius 2 is 1.19 bits per heavy atom. The second kappa shape index (κ2) is 22.2. The van der Waals surface area contributed by atoms with Crippen LogP contribution in [0.4, 0.5) is 0 Å². The molecule has 0 spiro atoms. The molecule has 10 heteroatoms. The van der Waals surface area contributed by atoms with Gasteiger partial charge in [0.1, 0.15) is 6.04 Å². The lowest BCUT2D eigenvalue weighted by Crippen LogP contribution is -2.41. The molecule has 236 valence electrons. The molecule has 0 fully saturated rings. The topological polar surface area (TPSA) is 170 Å². The van der Waals surface area contributed by atoms with Crippen LogP contribution in [0.2, 0.25) is 0 Å². The minimum Gasteiger partial charge on any atom is -0.481 e. The summed E-state index contributed by atoms with van der Waals surface area (Å²) in [5.41, 5.74) is 2.33. The first-order valence-corrected chi connectivity index (χ1v) is 15.4. The first-order valence-electron chi connectivity index (χ1n) is 15.4. The largest absolute Gasteiger partial charge is 0.481 e. The Labute approximate surface area is 249 Å². The van der Waals surface area contributed by atoms with Crippen molar-refractivity contribution in [3.8, 4) is 0 Å². The third-order valence-corrected chi connectivity index (χ3v) is 7.37. The maximum absolute atomic E-state index is 12.2. The Hall–Kier alpha value is -3.43. The maximum Gasteiger partial charge on any atom is 0.326 e. The summed E-state index contributed by atoms with van der Waals surface area (Å²) in [5, 5.41) is 32.3. The Morgan fingerprint density at radius 3 is 1.76 bits per heavy atom. The predicted molar refractivity (Wildman–Crippen MR) is 160 cm³/mol. The highest BCUT2D eigenvalue weighted by Gasteiger charge is 2.20. The number of rotatable bonds is 25. The highest BCUT2D eigenvalue weighted by Crippen LogP contribution is 2.14. The number of aryl methyl sites for hydroxylation is 2. The minimum atomic E-state index is -1.16. The molecule has 5 N–H and O–H groups in total. The van der Waals surface area contributed by atoms with Crippen LogP contribution in [0.1, 0.15) is 114 Å². The van der Waals surface area contributed by atoms with Gasteiger partial charge in [0.25, 0.3) is 0 Å². The van der Waals surface area contributed by atoms with Crippen LogP contribution in [0.15, 0.2) is 24.3 Å². The number of amides is 2. The summed E-state index contributed by atoms with van der Waals surface area (Å²) in [6.45, 7) is 2.05. The van der Waals surface area contributed by atoms with Gasteiger partial charge in [0.2, 0.25) is 11.8 Å². The van der Waals surface area contributed by atoms with E-state index < -0.39 is 29.9 Å². The van der Waals surface area contributed by atoms with Crippen molar-refractivity contribution in [1.82, 2.24) is 10.6 Å².